The molecule has 0 unspecified atom stereocenters. The molecule has 3 nitrogen and oxygen atoms in total. The van der Waals surface area contributed by atoms with Gasteiger partial charge in [-0.3, -0.25) is 4.79 Å². The summed E-state index contributed by atoms with van der Waals surface area (Å²) in [4.78, 5) is 12.4. The second-order valence-corrected chi connectivity index (χ2v) is 6.28. The maximum atomic E-state index is 12.4. The molecular formula is C15H28N2O. The number of nitrogens with one attached hydrogen (secondary N) is 2. The van der Waals surface area contributed by atoms with Gasteiger partial charge >= 0.3 is 0 Å². The predicted molar refractivity (Wildman–Crippen MR) is 74.3 cm³/mol. The molecule has 2 rings (SSSR count). The Morgan fingerprint density at radius 3 is 2.83 bits per heavy atom. The van der Waals surface area contributed by atoms with Crippen molar-refractivity contribution < 1.29 is 4.79 Å². The fraction of sp³-hybridized carbons (Fsp3) is 0.933. The normalized spacial score (nSPS) is 37.7. The second kappa shape index (κ2) is 6.05. The van der Waals surface area contributed by atoms with Crippen LogP contribution in [0.4, 0.5) is 0 Å². The summed E-state index contributed by atoms with van der Waals surface area (Å²) in [6.45, 7) is 6.44. The smallest absolute Gasteiger partial charge is 0.223 e. The van der Waals surface area contributed by atoms with Gasteiger partial charge in [0, 0.05) is 24.0 Å². The highest BCUT2D eigenvalue weighted by Crippen LogP contribution is 2.36. The Morgan fingerprint density at radius 1 is 1.39 bits per heavy atom. The van der Waals surface area contributed by atoms with Crippen LogP contribution >= 0.6 is 0 Å². The number of carbonyl (C=O) groups excluding carboxylic acids is 1. The summed E-state index contributed by atoms with van der Waals surface area (Å²) >= 11 is 0. The molecule has 1 saturated carbocycles. The number of amides is 1. The van der Waals surface area contributed by atoms with Gasteiger partial charge in [-0.25, -0.2) is 0 Å². The summed E-state index contributed by atoms with van der Waals surface area (Å²) in [6, 6.07) is 1.37. The van der Waals surface area contributed by atoms with E-state index in [9.17, 15) is 4.79 Å². The third kappa shape index (κ3) is 3.05. The van der Waals surface area contributed by atoms with Gasteiger partial charge in [-0.1, -0.05) is 19.8 Å². The molecule has 0 spiro atoms. The van der Waals surface area contributed by atoms with E-state index in [1.165, 1.54) is 25.7 Å². The fourth-order valence-corrected chi connectivity index (χ4v) is 3.59. The van der Waals surface area contributed by atoms with Gasteiger partial charge in [-0.15, -0.1) is 0 Å². The van der Waals surface area contributed by atoms with E-state index in [1.807, 2.05) is 0 Å². The molecule has 1 aliphatic carbocycles. The van der Waals surface area contributed by atoms with Crippen LogP contribution < -0.4 is 10.6 Å². The van der Waals surface area contributed by atoms with Gasteiger partial charge in [0.25, 0.3) is 0 Å². The number of piperidine rings is 1. The maximum Gasteiger partial charge on any atom is 0.223 e. The fourth-order valence-electron chi connectivity index (χ4n) is 3.59. The van der Waals surface area contributed by atoms with Gasteiger partial charge in [0.05, 0.1) is 0 Å². The summed E-state index contributed by atoms with van der Waals surface area (Å²) in [5.74, 6) is 1.11. The number of hydrogen-bond acceptors (Lipinski definition) is 2. The van der Waals surface area contributed by atoms with Crippen molar-refractivity contribution in [1.82, 2.24) is 10.6 Å². The second-order valence-electron chi connectivity index (χ2n) is 6.28. The molecule has 1 saturated heterocycles. The van der Waals surface area contributed by atoms with Crippen molar-refractivity contribution in [2.45, 2.75) is 77.4 Å². The topological polar surface area (TPSA) is 41.1 Å². The lowest BCUT2D eigenvalue weighted by atomic mass is 9.71. The Morgan fingerprint density at radius 2 is 2.11 bits per heavy atom. The molecule has 0 aromatic rings. The minimum atomic E-state index is 0.237. The van der Waals surface area contributed by atoms with E-state index in [0.29, 0.717) is 30.0 Å². The van der Waals surface area contributed by atoms with Crippen molar-refractivity contribution in [2.24, 2.45) is 11.8 Å². The lowest BCUT2D eigenvalue weighted by Gasteiger charge is -2.44. The van der Waals surface area contributed by atoms with Crippen LogP contribution in [-0.2, 0) is 4.79 Å². The average molecular weight is 252 g/mol. The largest absolute Gasteiger partial charge is 0.353 e. The van der Waals surface area contributed by atoms with Crippen LogP contribution in [-0.4, -0.2) is 24.0 Å². The van der Waals surface area contributed by atoms with Crippen molar-refractivity contribution in [3.8, 4) is 0 Å². The predicted octanol–water partition coefficient (Wildman–Crippen LogP) is 2.46. The zero-order valence-electron chi connectivity index (χ0n) is 12.0. The van der Waals surface area contributed by atoms with Crippen LogP contribution in [0.25, 0.3) is 0 Å². The molecule has 0 bridgehead atoms. The Kier molecular flexibility index (Phi) is 4.66. The van der Waals surface area contributed by atoms with Gasteiger partial charge in [0.2, 0.25) is 5.91 Å². The van der Waals surface area contributed by atoms with Crippen molar-refractivity contribution in [3.63, 3.8) is 0 Å². The third-order valence-electron chi connectivity index (χ3n) is 4.78. The van der Waals surface area contributed by atoms with E-state index in [2.05, 4.69) is 31.4 Å². The van der Waals surface area contributed by atoms with E-state index >= 15 is 0 Å². The average Bonchev–Trinajstić information content (AvgIpc) is 2.37. The minimum Gasteiger partial charge on any atom is -0.353 e. The summed E-state index contributed by atoms with van der Waals surface area (Å²) < 4.78 is 0. The number of fused-ring (bicyclic) bond motifs is 1. The highest BCUT2D eigenvalue weighted by atomic mass is 16.2. The quantitative estimate of drug-likeness (QED) is 0.810. The van der Waals surface area contributed by atoms with Crippen LogP contribution in [0.5, 0.6) is 0 Å². The van der Waals surface area contributed by atoms with Gasteiger partial charge < -0.3 is 10.6 Å². The van der Waals surface area contributed by atoms with Crippen molar-refractivity contribution >= 4 is 5.91 Å². The third-order valence-corrected chi connectivity index (χ3v) is 4.78. The first kappa shape index (κ1) is 13.9. The maximum absolute atomic E-state index is 12.4. The summed E-state index contributed by atoms with van der Waals surface area (Å²) in [7, 11) is 0. The van der Waals surface area contributed by atoms with Gasteiger partial charge in [0.15, 0.2) is 0 Å². The molecule has 0 radical (unpaired) electrons. The van der Waals surface area contributed by atoms with Gasteiger partial charge in [-0.05, 0) is 45.4 Å². The molecule has 1 amide bonds. The van der Waals surface area contributed by atoms with Crippen LogP contribution in [0.2, 0.25) is 0 Å². The molecule has 2 N–H and O–H groups in total. The zero-order chi connectivity index (χ0) is 13.1. The molecule has 2 fully saturated rings. The van der Waals surface area contributed by atoms with Crippen LogP contribution in [0.1, 0.15) is 59.3 Å². The van der Waals surface area contributed by atoms with Crippen molar-refractivity contribution in [3.05, 3.63) is 0 Å². The minimum absolute atomic E-state index is 0.237. The molecular weight excluding hydrogens is 224 g/mol. The Bertz CT molecular complexity index is 292. The molecule has 0 aromatic carbocycles. The molecule has 5 atom stereocenters. The Balaban J connectivity index is 2.01. The zero-order valence-corrected chi connectivity index (χ0v) is 12.0. The van der Waals surface area contributed by atoms with Crippen LogP contribution in [0.15, 0.2) is 0 Å². The van der Waals surface area contributed by atoms with Crippen LogP contribution in [0, 0.1) is 11.8 Å². The van der Waals surface area contributed by atoms with E-state index in [1.54, 1.807) is 0 Å². The molecule has 3 heteroatoms. The van der Waals surface area contributed by atoms with E-state index in [4.69, 9.17) is 0 Å². The van der Waals surface area contributed by atoms with E-state index in [-0.39, 0.29) is 5.92 Å². The molecule has 1 heterocycles. The van der Waals surface area contributed by atoms with Gasteiger partial charge in [0.1, 0.15) is 0 Å². The number of hydrogen-bond donors (Lipinski definition) is 2. The molecule has 0 aromatic heterocycles. The van der Waals surface area contributed by atoms with Crippen molar-refractivity contribution in [1.29, 1.82) is 0 Å². The first-order valence-electron chi connectivity index (χ1n) is 7.68. The number of rotatable bonds is 3. The standard InChI is InChI=1S/C15H28N2O/c1-4-10(2)17-15(18)13-9-11(3)16-14-8-6-5-7-12(13)14/h10-14,16H,4-9H2,1-3H3,(H,17,18)/t10-,11-,12+,13-,14-/m1/s1. The molecule has 1 aliphatic heterocycles. The van der Waals surface area contributed by atoms with Crippen LogP contribution in [0.3, 0.4) is 0 Å². The highest BCUT2D eigenvalue weighted by Gasteiger charge is 2.40. The van der Waals surface area contributed by atoms with Gasteiger partial charge in [-0.2, -0.15) is 0 Å². The SMILES string of the molecule is CC[C@@H](C)NC(=O)[C@@H]1C[C@@H](C)N[C@@H]2CCCC[C@H]21. The van der Waals surface area contributed by atoms with Crippen molar-refractivity contribution in [2.75, 3.05) is 0 Å². The first-order valence-corrected chi connectivity index (χ1v) is 7.68. The lowest BCUT2D eigenvalue weighted by molar-refractivity contribution is -0.130. The Hall–Kier alpha value is -0.570. The summed E-state index contributed by atoms with van der Waals surface area (Å²) in [5.41, 5.74) is 0. The molecule has 104 valence electrons. The Labute approximate surface area is 111 Å². The number of carbonyl (C=O) groups is 1. The molecule has 18 heavy (non-hydrogen) atoms. The summed E-state index contributed by atoms with van der Waals surface area (Å²) in [5, 5.41) is 6.88. The lowest BCUT2D eigenvalue weighted by Crippen LogP contribution is -2.55. The highest BCUT2D eigenvalue weighted by molar-refractivity contribution is 5.79. The first-order chi connectivity index (χ1) is 8.61. The van der Waals surface area contributed by atoms with E-state index < -0.39 is 0 Å². The monoisotopic (exact) mass is 252 g/mol. The molecule has 2 aliphatic rings. The van der Waals surface area contributed by atoms with E-state index in [0.717, 1.165) is 12.8 Å². The summed E-state index contributed by atoms with van der Waals surface area (Å²) in [6.07, 6.45) is 7.11.